The Morgan fingerprint density at radius 2 is 1.00 bits per heavy atom. The Kier molecular flexibility index (Phi) is 7.17. The number of anilines is 6. The average molecular weight is 531 g/mol. The number of nitrogens with two attached hydrogens (primary N) is 1. The first-order chi connectivity index (χ1) is 18.0. The van der Waals surface area contributed by atoms with Crippen molar-refractivity contribution in [1.82, 2.24) is 0 Å². The van der Waals surface area contributed by atoms with Crippen molar-refractivity contribution in [2.24, 2.45) is 0 Å². The van der Waals surface area contributed by atoms with Crippen LogP contribution in [0.25, 0.3) is 0 Å². The fourth-order valence-corrected chi connectivity index (χ4v) is 4.34. The van der Waals surface area contributed by atoms with E-state index in [0.717, 1.165) is 30.3 Å². The second-order valence-electron chi connectivity index (χ2n) is 8.54. The molecule has 0 atom stereocenters. The summed E-state index contributed by atoms with van der Waals surface area (Å²) in [5.74, 6) is 0. The molecule has 5 N–H and O–H groups in total. The number of halogens is 6. The van der Waals surface area contributed by atoms with Crippen LogP contribution >= 0.6 is 0 Å². The van der Waals surface area contributed by atoms with Crippen LogP contribution in [-0.2, 0) is 5.41 Å². The zero-order valence-electron chi connectivity index (χ0n) is 20.1. The number of nitrogen functional groups attached to an aromatic ring is 1. The summed E-state index contributed by atoms with van der Waals surface area (Å²) in [5.41, 5.74) is 1.07. The minimum absolute atomic E-state index is 0.0552. The van der Waals surface area contributed by atoms with E-state index in [-0.39, 0.29) is 17.1 Å². The van der Waals surface area contributed by atoms with Gasteiger partial charge in [-0.1, -0.05) is 48.5 Å². The normalized spacial score (nSPS) is 12.2. The Morgan fingerprint density at radius 3 is 1.45 bits per heavy atom. The molecule has 198 valence electrons. The molecule has 0 spiro atoms. The van der Waals surface area contributed by atoms with Gasteiger partial charge in [0, 0.05) is 18.4 Å². The summed E-state index contributed by atoms with van der Waals surface area (Å²) in [6, 6.07) is 22.8. The highest BCUT2D eigenvalue weighted by Gasteiger charge is 2.72. The van der Waals surface area contributed by atoms with Crippen LogP contribution in [0.15, 0.2) is 97.1 Å². The van der Waals surface area contributed by atoms with Gasteiger partial charge in [0.15, 0.2) is 0 Å². The average Bonchev–Trinajstić information content (AvgIpc) is 2.86. The van der Waals surface area contributed by atoms with E-state index in [9.17, 15) is 26.3 Å². The third-order valence-corrected chi connectivity index (χ3v) is 6.16. The van der Waals surface area contributed by atoms with Crippen LogP contribution in [0.4, 0.5) is 60.5 Å². The van der Waals surface area contributed by atoms with Gasteiger partial charge in [0.25, 0.3) is 0 Å². The largest absolute Gasteiger partial charge is 0.411 e. The zero-order valence-corrected chi connectivity index (χ0v) is 20.1. The minimum Gasteiger partial charge on any atom is -0.397 e. The monoisotopic (exact) mass is 530 g/mol. The quantitative estimate of drug-likeness (QED) is 0.144. The number of nitrogens with one attached hydrogen (secondary N) is 3. The molecule has 0 radical (unpaired) electrons. The molecule has 4 nitrogen and oxygen atoms in total. The van der Waals surface area contributed by atoms with E-state index in [1.165, 1.54) is 13.1 Å². The van der Waals surface area contributed by atoms with Crippen molar-refractivity contribution >= 4 is 34.1 Å². The topological polar surface area (TPSA) is 62.1 Å². The van der Waals surface area contributed by atoms with Crippen LogP contribution < -0.4 is 21.7 Å². The maximum absolute atomic E-state index is 14.7. The number of alkyl halides is 6. The lowest BCUT2D eigenvalue weighted by atomic mass is 9.72. The smallest absolute Gasteiger partial charge is 0.397 e. The van der Waals surface area contributed by atoms with Gasteiger partial charge in [0.2, 0.25) is 5.41 Å². The van der Waals surface area contributed by atoms with E-state index in [0.29, 0.717) is 17.1 Å². The van der Waals surface area contributed by atoms with Gasteiger partial charge in [0.05, 0.1) is 22.7 Å². The Labute approximate surface area is 215 Å². The fraction of sp³-hybridized carbons (Fsp3) is 0.143. The second-order valence-corrected chi connectivity index (χ2v) is 8.54. The molecule has 0 amide bonds. The van der Waals surface area contributed by atoms with Gasteiger partial charge in [-0.25, -0.2) is 0 Å². The van der Waals surface area contributed by atoms with Crippen molar-refractivity contribution < 1.29 is 26.3 Å². The lowest BCUT2D eigenvalue weighted by molar-refractivity contribution is -0.288. The predicted molar refractivity (Wildman–Crippen MR) is 139 cm³/mol. The van der Waals surface area contributed by atoms with E-state index in [1.807, 2.05) is 0 Å². The van der Waals surface area contributed by atoms with Crippen LogP contribution in [0.1, 0.15) is 11.1 Å². The summed E-state index contributed by atoms with van der Waals surface area (Å²) < 4.78 is 88.2. The SMILES string of the molecule is CNc1cc(C(c2ccc(Nc3ccccc3)c(N)c2)(C(F)(F)F)C(F)(F)F)ccc1Nc1ccccc1. The Hall–Kier alpha value is -4.34. The third-order valence-electron chi connectivity index (χ3n) is 6.16. The first-order valence-electron chi connectivity index (χ1n) is 11.5. The molecule has 4 rings (SSSR count). The van der Waals surface area contributed by atoms with Crippen molar-refractivity contribution in [1.29, 1.82) is 0 Å². The maximum atomic E-state index is 14.7. The summed E-state index contributed by atoms with van der Waals surface area (Å²) in [7, 11) is 1.42. The Balaban J connectivity index is 1.85. The molecule has 0 heterocycles. The molecule has 4 aromatic rings. The van der Waals surface area contributed by atoms with Crippen molar-refractivity contribution in [3.8, 4) is 0 Å². The van der Waals surface area contributed by atoms with Crippen molar-refractivity contribution in [2.75, 3.05) is 28.7 Å². The van der Waals surface area contributed by atoms with E-state index < -0.39 is 28.9 Å². The Morgan fingerprint density at radius 1 is 0.553 bits per heavy atom. The molecule has 0 aliphatic rings. The highest BCUT2D eigenvalue weighted by molar-refractivity contribution is 5.77. The molecule has 0 aliphatic heterocycles. The minimum atomic E-state index is -5.74. The number of benzene rings is 4. The molecule has 0 saturated carbocycles. The third kappa shape index (κ3) is 4.93. The molecule has 0 bridgehead atoms. The highest BCUT2D eigenvalue weighted by Crippen LogP contribution is 2.57. The van der Waals surface area contributed by atoms with Crippen LogP contribution in [-0.4, -0.2) is 19.4 Å². The number of hydrogen-bond acceptors (Lipinski definition) is 4. The number of hydrogen-bond donors (Lipinski definition) is 4. The molecule has 0 saturated heterocycles. The van der Waals surface area contributed by atoms with Gasteiger partial charge in [-0.05, 0) is 59.7 Å². The first kappa shape index (κ1) is 26.7. The van der Waals surface area contributed by atoms with Crippen LogP contribution in [0.3, 0.4) is 0 Å². The summed E-state index contributed by atoms with van der Waals surface area (Å²) in [5, 5.41) is 8.62. The number of para-hydroxylation sites is 2. The molecule has 0 aromatic heterocycles. The molecule has 0 unspecified atom stereocenters. The molecular weight excluding hydrogens is 506 g/mol. The first-order valence-corrected chi connectivity index (χ1v) is 11.5. The summed E-state index contributed by atoms with van der Waals surface area (Å²) >= 11 is 0. The summed E-state index contributed by atoms with van der Waals surface area (Å²) in [6.07, 6.45) is -11.5. The number of rotatable bonds is 7. The molecular formula is C28H24F6N4. The predicted octanol–water partition coefficient (Wildman–Crippen LogP) is 8.21. The summed E-state index contributed by atoms with van der Waals surface area (Å²) in [6.45, 7) is 0. The van der Waals surface area contributed by atoms with Gasteiger partial charge < -0.3 is 21.7 Å². The van der Waals surface area contributed by atoms with Crippen LogP contribution in [0.2, 0.25) is 0 Å². The van der Waals surface area contributed by atoms with Crippen LogP contribution in [0.5, 0.6) is 0 Å². The van der Waals surface area contributed by atoms with E-state index in [1.54, 1.807) is 60.7 Å². The van der Waals surface area contributed by atoms with E-state index in [2.05, 4.69) is 16.0 Å². The van der Waals surface area contributed by atoms with Crippen molar-refractivity contribution in [2.45, 2.75) is 17.8 Å². The van der Waals surface area contributed by atoms with Crippen molar-refractivity contribution in [3.63, 3.8) is 0 Å². The van der Waals surface area contributed by atoms with Gasteiger partial charge in [-0.3, -0.25) is 0 Å². The maximum Gasteiger partial charge on any atom is 0.411 e. The zero-order chi connectivity index (χ0) is 27.6. The second kappa shape index (κ2) is 10.2. The Bertz CT molecular complexity index is 1370. The summed E-state index contributed by atoms with van der Waals surface area (Å²) in [4.78, 5) is 0. The molecule has 38 heavy (non-hydrogen) atoms. The van der Waals surface area contributed by atoms with Gasteiger partial charge in [0.1, 0.15) is 0 Å². The lowest BCUT2D eigenvalue weighted by Gasteiger charge is -2.39. The fourth-order valence-electron chi connectivity index (χ4n) is 4.34. The molecule has 0 aliphatic carbocycles. The molecule has 0 fully saturated rings. The van der Waals surface area contributed by atoms with Gasteiger partial charge in [-0.15, -0.1) is 0 Å². The molecule has 4 aromatic carbocycles. The van der Waals surface area contributed by atoms with Crippen LogP contribution in [0, 0.1) is 0 Å². The van der Waals surface area contributed by atoms with E-state index >= 15 is 0 Å². The highest BCUT2D eigenvalue weighted by atomic mass is 19.4. The van der Waals surface area contributed by atoms with Gasteiger partial charge in [-0.2, -0.15) is 26.3 Å². The lowest BCUT2D eigenvalue weighted by Crippen LogP contribution is -2.54. The molecule has 10 heteroatoms. The standard InChI is InChI=1S/C28H24F6N4/c1-36-25-17-19(13-15-24(25)38-21-10-6-3-7-11-21)26(27(29,30)31,28(32,33)34)18-12-14-23(22(35)16-18)37-20-8-4-2-5-9-20/h2-17,36-38H,35H2,1H3. The van der Waals surface area contributed by atoms with Gasteiger partial charge >= 0.3 is 12.4 Å². The van der Waals surface area contributed by atoms with Crippen molar-refractivity contribution in [3.05, 3.63) is 108 Å². The van der Waals surface area contributed by atoms with E-state index in [4.69, 9.17) is 5.73 Å².